The van der Waals surface area contributed by atoms with Crippen molar-refractivity contribution in [2.24, 2.45) is 5.92 Å². The number of amides is 4. The van der Waals surface area contributed by atoms with Crippen LogP contribution in [0.25, 0.3) is 0 Å². The van der Waals surface area contributed by atoms with Gasteiger partial charge in [-0.1, -0.05) is 20.3 Å². The van der Waals surface area contributed by atoms with Crippen LogP contribution in [0.3, 0.4) is 0 Å². The highest BCUT2D eigenvalue weighted by Crippen LogP contribution is 2.15. The summed E-state index contributed by atoms with van der Waals surface area (Å²) < 4.78 is 0. The number of aliphatic carboxylic acids is 1. The van der Waals surface area contributed by atoms with E-state index in [9.17, 15) is 19.5 Å². The van der Waals surface area contributed by atoms with Gasteiger partial charge in [-0.15, -0.1) is 0 Å². The van der Waals surface area contributed by atoms with Crippen molar-refractivity contribution in [2.75, 3.05) is 26.2 Å². The molecular weight excluding hydrogens is 276 g/mol. The Morgan fingerprint density at radius 3 is 2.81 bits per heavy atom. The second kappa shape index (κ2) is 6.19. The van der Waals surface area contributed by atoms with Gasteiger partial charge in [0.25, 0.3) is 0 Å². The molecule has 8 heteroatoms. The quantitative estimate of drug-likeness (QED) is 0.674. The zero-order valence-corrected chi connectivity index (χ0v) is 12.3. The fourth-order valence-corrected chi connectivity index (χ4v) is 2.70. The molecule has 0 spiro atoms. The van der Waals surface area contributed by atoms with E-state index in [1.807, 2.05) is 6.92 Å². The fourth-order valence-electron chi connectivity index (χ4n) is 2.70. The molecular formula is C13H22N4O4. The Morgan fingerprint density at radius 2 is 2.19 bits per heavy atom. The molecule has 0 radical (unpaired) electrons. The number of hydrogen-bond donors (Lipinski definition) is 3. The Hall–Kier alpha value is -1.99. The second-order valence-electron chi connectivity index (χ2n) is 5.63. The lowest BCUT2D eigenvalue weighted by Crippen LogP contribution is -2.58. The largest absolute Gasteiger partial charge is 0.480 e. The first-order chi connectivity index (χ1) is 9.93. The maximum atomic E-state index is 12.2. The average molecular weight is 298 g/mol. The number of carbonyl (C=O) groups excluding carboxylic acids is 2. The van der Waals surface area contributed by atoms with Crippen LogP contribution in [0.5, 0.6) is 0 Å². The van der Waals surface area contributed by atoms with E-state index in [4.69, 9.17) is 0 Å². The third kappa shape index (κ3) is 3.20. The molecule has 0 aliphatic carbocycles. The molecule has 118 valence electrons. The van der Waals surface area contributed by atoms with Gasteiger partial charge in [0, 0.05) is 26.2 Å². The molecule has 2 aliphatic rings. The maximum Gasteiger partial charge on any atom is 0.326 e. The summed E-state index contributed by atoms with van der Waals surface area (Å²) in [4.78, 5) is 38.3. The minimum Gasteiger partial charge on any atom is -0.480 e. The topological polar surface area (TPSA) is 102 Å². The zero-order chi connectivity index (χ0) is 15.6. The zero-order valence-electron chi connectivity index (χ0n) is 12.3. The third-order valence-corrected chi connectivity index (χ3v) is 4.28. The maximum absolute atomic E-state index is 12.2. The van der Waals surface area contributed by atoms with Crippen molar-refractivity contribution < 1.29 is 19.5 Å². The van der Waals surface area contributed by atoms with Crippen LogP contribution in [-0.4, -0.2) is 71.2 Å². The van der Waals surface area contributed by atoms with Gasteiger partial charge in [-0.25, -0.2) is 14.4 Å². The summed E-state index contributed by atoms with van der Waals surface area (Å²) in [6.45, 7) is 5.54. The summed E-state index contributed by atoms with van der Waals surface area (Å²) in [5, 5.41) is 14.5. The summed E-state index contributed by atoms with van der Waals surface area (Å²) in [7, 11) is 0. The molecule has 3 atom stereocenters. The number of piperazine rings is 1. The van der Waals surface area contributed by atoms with Crippen molar-refractivity contribution in [3.63, 3.8) is 0 Å². The monoisotopic (exact) mass is 298 g/mol. The fraction of sp³-hybridized carbons (Fsp3) is 0.769. The molecule has 2 heterocycles. The number of rotatable bonds is 4. The summed E-state index contributed by atoms with van der Waals surface area (Å²) in [5.41, 5.74) is 0. The molecule has 3 N–H and O–H groups in total. The number of nitrogens with zero attached hydrogens (tertiary/aromatic N) is 2. The number of carboxylic acid groups (broad SMARTS) is 1. The number of fused-ring (bicyclic) bond motifs is 1. The molecule has 0 aromatic carbocycles. The van der Waals surface area contributed by atoms with E-state index in [1.165, 1.54) is 0 Å². The second-order valence-corrected chi connectivity index (χ2v) is 5.63. The van der Waals surface area contributed by atoms with E-state index >= 15 is 0 Å². The first kappa shape index (κ1) is 15.4. The van der Waals surface area contributed by atoms with Gasteiger partial charge >= 0.3 is 18.0 Å². The van der Waals surface area contributed by atoms with Crippen LogP contribution in [0, 0.1) is 5.92 Å². The van der Waals surface area contributed by atoms with Crippen molar-refractivity contribution in [2.45, 2.75) is 32.4 Å². The standard InChI is InChI=1S/C13H22N4O4/c1-3-8(2)10(11(18)19)15-13(21)16-4-5-17-9(7-16)6-14-12(17)20/h8-10H,3-7H2,1-2H3,(H,14,20)(H,15,21)(H,18,19)/t8?,9?,10-/m0/s1. The highest BCUT2D eigenvalue weighted by Gasteiger charge is 2.37. The lowest BCUT2D eigenvalue weighted by atomic mass is 9.99. The third-order valence-electron chi connectivity index (χ3n) is 4.28. The van der Waals surface area contributed by atoms with E-state index in [1.54, 1.807) is 16.7 Å². The van der Waals surface area contributed by atoms with Gasteiger partial charge in [0.15, 0.2) is 0 Å². The molecule has 8 nitrogen and oxygen atoms in total. The number of carbonyl (C=O) groups is 3. The molecule has 2 aliphatic heterocycles. The SMILES string of the molecule is CCC(C)[C@H](NC(=O)N1CCN2C(=O)NCC2C1)C(=O)O. The van der Waals surface area contributed by atoms with Crippen molar-refractivity contribution in [1.82, 2.24) is 20.4 Å². The highest BCUT2D eigenvalue weighted by atomic mass is 16.4. The van der Waals surface area contributed by atoms with E-state index in [-0.39, 0.29) is 24.0 Å². The van der Waals surface area contributed by atoms with Crippen LogP contribution in [0.15, 0.2) is 0 Å². The molecule has 2 unspecified atom stereocenters. The van der Waals surface area contributed by atoms with Gasteiger partial charge < -0.3 is 25.5 Å². The van der Waals surface area contributed by atoms with Crippen LogP contribution in [-0.2, 0) is 4.79 Å². The molecule has 2 rings (SSSR count). The molecule has 0 bridgehead atoms. The molecule has 2 fully saturated rings. The Labute approximate surface area is 123 Å². The predicted octanol–water partition coefficient (Wildman–Crippen LogP) is -0.0953. The summed E-state index contributed by atoms with van der Waals surface area (Å²) in [6.07, 6.45) is 0.673. The molecule has 21 heavy (non-hydrogen) atoms. The molecule has 4 amide bonds. The van der Waals surface area contributed by atoms with Crippen LogP contribution in [0.2, 0.25) is 0 Å². The number of nitrogens with one attached hydrogen (secondary N) is 2. The van der Waals surface area contributed by atoms with E-state index in [2.05, 4.69) is 10.6 Å². The average Bonchev–Trinajstić information content (AvgIpc) is 2.84. The van der Waals surface area contributed by atoms with E-state index in [0.717, 1.165) is 0 Å². The van der Waals surface area contributed by atoms with E-state index < -0.39 is 12.0 Å². The van der Waals surface area contributed by atoms with Gasteiger partial charge in [0.1, 0.15) is 6.04 Å². The number of hydrogen-bond acceptors (Lipinski definition) is 3. The highest BCUT2D eigenvalue weighted by molar-refractivity contribution is 5.83. The smallest absolute Gasteiger partial charge is 0.326 e. The minimum atomic E-state index is -1.02. The Kier molecular flexibility index (Phi) is 4.54. The van der Waals surface area contributed by atoms with Gasteiger partial charge in [0.2, 0.25) is 0 Å². The van der Waals surface area contributed by atoms with Gasteiger partial charge in [-0.05, 0) is 5.92 Å². The minimum absolute atomic E-state index is 0.0242. The van der Waals surface area contributed by atoms with E-state index in [0.29, 0.717) is 32.6 Å². The van der Waals surface area contributed by atoms with Crippen molar-refractivity contribution in [3.05, 3.63) is 0 Å². The lowest BCUT2D eigenvalue weighted by Gasteiger charge is -2.37. The molecule has 0 saturated carbocycles. The van der Waals surface area contributed by atoms with Gasteiger partial charge in [-0.2, -0.15) is 0 Å². The van der Waals surface area contributed by atoms with Crippen molar-refractivity contribution in [3.8, 4) is 0 Å². The molecule has 0 aromatic rings. The summed E-state index contributed by atoms with van der Waals surface area (Å²) >= 11 is 0. The van der Waals surface area contributed by atoms with Crippen LogP contribution in [0.1, 0.15) is 20.3 Å². The summed E-state index contributed by atoms with van der Waals surface area (Å²) in [5.74, 6) is -1.16. The summed E-state index contributed by atoms with van der Waals surface area (Å²) in [6, 6.07) is -1.38. The Bertz CT molecular complexity index is 442. The first-order valence-corrected chi connectivity index (χ1v) is 7.26. The van der Waals surface area contributed by atoms with Crippen LogP contribution in [0.4, 0.5) is 9.59 Å². The van der Waals surface area contributed by atoms with Crippen molar-refractivity contribution >= 4 is 18.0 Å². The molecule has 0 aromatic heterocycles. The van der Waals surface area contributed by atoms with Crippen LogP contribution >= 0.6 is 0 Å². The van der Waals surface area contributed by atoms with Gasteiger partial charge in [-0.3, -0.25) is 0 Å². The van der Waals surface area contributed by atoms with Crippen LogP contribution < -0.4 is 10.6 Å². The first-order valence-electron chi connectivity index (χ1n) is 7.26. The number of urea groups is 2. The number of carboxylic acids is 1. The predicted molar refractivity (Wildman–Crippen MR) is 74.9 cm³/mol. The Morgan fingerprint density at radius 1 is 1.48 bits per heavy atom. The molecule has 2 saturated heterocycles. The normalized spacial score (nSPS) is 24.1. The Balaban J connectivity index is 1.94. The lowest BCUT2D eigenvalue weighted by molar-refractivity contribution is -0.140. The van der Waals surface area contributed by atoms with Gasteiger partial charge in [0.05, 0.1) is 6.04 Å². The van der Waals surface area contributed by atoms with Crippen molar-refractivity contribution in [1.29, 1.82) is 0 Å².